The van der Waals surface area contributed by atoms with E-state index in [0.29, 0.717) is 6.61 Å². The Morgan fingerprint density at radius 3 is 2.45 bits per heavy atom. The minimum Gasteiger partial charge on any atom is -0.480 e. The Morgan fingerprint density at radius 2 is 1.86 bits per heavy atom. The molecular weight excluding hydrogens is 296 g/mol. The van der Waals surface area contributed by atoms with E-state index in [-0.39, 0.29) is 6.10 Å². The molecule has 126 valence electrons. The lowest BCUT2D eigenvalue weighted by Crippen LogP contribution is -2.44. The van der Waals surface area contributed by atoms with Crippen molar-refractivity contribution in [3.8, 4) is 0 Å². The van der Waals surface area contributed by atoms with Crippen molar-refractivity contribution < 1.29 is 38.3 Å². The Labute approximate surface area is 128 Å². The molecule has 3 aliphatic rings. The number of ether oxygens (including phenoxy) is 6. The maximum atomic E-state index is 10.8. The van der Waals surface area contributed by atoms with Crippen molar-refractivity contribution in [3.05, 3.63) is 0 Å². The van der Waals surface area contributed by atoms with Gasteiger partial charge in [-0.05, 0) is 27.7 Å². The van der Waals surface area contributed by atoms with Crippen LogP contribution < -0.4 is 0 Å². The molecule has 0 aromatic heterocycles. The van der Waals surface area contributed by atoms with E-state index in [2.05, 4.69) is 0 Å². The number of fused-ring (bicyclic) bond motifs is 1. The molecule has 0 spiro atoms. The van der Waals surface area contributed by atoms with E-state index in [0.717, 1.165) is 0 Å². The van der Waals surface area contributed by atoms with Gasteiger partial charge in [0.1, 0.15) is 31.0 Å². The normalized spacial score (nSPS) is 42.5. The van der Waals surface area contributed by atoms with Crippen LogP contribution in [0.4, 0.5) is 0 Å². The summed E-state index contributed by atoms with van der Waals surface area (Å²) in [7, 11) is 0. The zero-order chi connectivity index (χ0) is 16.1. The molecule has 0 saturated carbocycles. The predicted octanol–water partition coefficient (Wildman–Crippen LogP) is 0.484. The standard InChI is InChI=1S/C14H22O8/c1-13(2)18-5-7(20-13)9-10(17-6-8(15)16)11-12(19-9)22-14(3,4)21-11/h7,9-12H,5-6H2,1-4H3,(H,15,16)/t7-,9-,10+,11?,12?/m1/s1. The van der Waals surface area contributed by atoms with Crippen molar-refractivity contribution in [1.29, 1.82) is 0 Å². The topological polar surface area (TPSA) is 92.7 Å². The first kappa shape index (κ1) is 16.1. The average molecular weight is 318 g/mol. The summed E-state index contributed by atoms with van der Waals surface area (Å²) in [5, 5.41) is 8.86. The Bertz CT molecular complexity index is 448. The molecule has 0 bridgehead atoms. The molecule has 0 aromatic carbocycles. The molecule has 1 N–H and O–H groups in total. The van der Waals surface area contributed by atoms with Crippen molar-refractivity contribution in [2.24, 2.45) is 0 Å². The number of hydrogen-bond acceptors (Lipinski definition) is 7. The largest absolute Gasteiger partial charge is 0.480 e. The van der Waals surface area contributed by atoms with Crippen LogP contribution in [0.25, 0.3) is 0 Å². The summed E-state index contributed by atoms with van der Waals surface area (Å²) in [5.74, 6) is -2.55. The van der Waals surface area contributed by atoms with Crippen molar-refractivity contribution in [2.45, 2.75) is 70.0 Å². The lowest BCUT2D eigenvalue weighted by Gasteiger charge is -2.28. The Kier molecular flexibility index (Phi) is 3.95. The summed E-state index contributed by atoms with van der Waals surface area (Å²) in [4.78, 5) is 10.8. The minimum atomic E-state index is -1.05. The van der Waals surface area contributed by atoms with E-state index in [9.17, 15) is 4.79 Å². The van der Waals surface area contributed by atoms with Crippen molar-refractivity contribution in [2.75, 3.05) is 13.2 Å². The molecule has 3 saturated heterocycles. The van der Waals surface area contributed by atoms with Crippen LogP contribution in [0.5, 0.6) is 0 Å². The van der Waals surface area contributed by atoms with Crippen LogP contribution in [0.3, 0.4) is 0 Å². The Morgan fingerprint density at radius 1 is 1.14 bits per heavy atom. The summed E-state index contributed by atoms with van der Waals surface area (Å²) in [6.45, 7) is 7.08. The highest BCUT2D eigenvalue weighted by atomic mass is 16.8. The van der Waals surface area contributed by atoms with Gasteiger partial charge in [0.05, 0.1) is 6.61 Å². The predicted molar refractivity (Wildman–Crippen MR) is 71.0 cm³/mol. The van der Waals surface area contributed by atoms with Crippen molar-refractivity contribution in [1.82, 2.24) is 0 Å². The average Bonchev–Trinajstić information content (AvgIpc) is 2.96. The first-order valence-electron chi connectivity index (χ1n) is 7.33. The monoisotopic (exact) mass is 318 g/mol. The van der Waals surface area contributed by atoms with Crippen LogP contribution in [0.2, 0.25) is 0 Å². The molecule has 3 aliphatic heterocycles. The summed E-state index contributed by atoms with van der Waals surface area (Å²) >= 11 is 0. The maximum absolute atomic E-state index is 10.8. The minimum absolute atomic E-state index is 0.341. The van der Waals surface area contributed by atoms with Crippen LogP contribution >= 0.6 is 0 Å². The third-order valence-corrected chi connectivity index (χ3v) is 3.82. The molecule has 0 amide bonds. The molecule has 5 atom stereocenters. The molecule has 0 aliphatic carbocycles. The van der Waals surface area contributed by atoms with Gasteiger partial charge in [0.15, 0.2) is 17.9 Å². The second-order valence-corrected chi connectivity index (χ2v) is 6.61. The Balaban J connectivity index is 1.73. The molecule has 3 heterocycles. The third-order valence-electron chi connectivity index (χ3n) is 3.82. The van der Waals surface area contributed by atoms with E-state index in [1.807, 2.05) is 13.8 Å². The van der Waals surface area contributed by atoms with E-state index in [1.54, 1.807) is 13.8 Å². The molecule has 3 rings (SSSR count). The van der Waals surface area contributed by atoms with Crippen LogP contribution in [0.15, 0.2) is 0 Å². The van der Waals surface area contributed by atoms with Gasteiger partial charge in [-0.2, -0.15) is 0 Å². The molecule has 3 fully saturated rings. The molecule has 8 nitrogen and oxygen atoms in total. The molecule has 8 heteroatoms. The summed E-state index contributed by atoms with van der Waals surface area (Å²) in [5.41, 5.74) is 0. The molecule has 22 heavy (non-hydrogen) atoms. The summed E-state index contributed by atoms with van der Waals surface area (Å²) < 4.78 is 34.2. The molecule has 2 unspecified atom stereocenters. The smallest absolute Gasteiger partial charge is 0.329 e. The van der Waals surface area contributed by atoms with Crippen LogP contribution in [0, 0.1) is 0 Å². The van der Waals surface area contributed by atoms with Crippen molar-refractivity contribution in [3.63, 3.8) is 0 Å². The number of carbonyl (C=O) groups is 1. The summed E-state index contributed by atoms with van der Waals surface area (Å²) in [6, 6.07) is 0. The van der Waals surface area contributed by atoms with Crippen LogP contribution in [-0.4, -0.2) is 66.6 Å². The zero-order valence-electron chi connectivity index (χ0n) is 13.1. The van der Waals surface area contributed by atoms with E-state index in [1.165, 1.54) is 0 Å². The first-order valence-corrected chi connectivity index (χ1v) is 7.33. The van der Waals surface area contributed by atoms with E-state index >= 15 is 0 Å². The lowest BCUT2D eigenvalue weighted by atomic mass is 10.1. The fourth-order valence-electron chi connectivity index (χ4n) is 3.04. The highest BCUT2D eigenvalue weighted by Gasteiger charge is 2.59. The molecule has 0 radical (unpaired) electrons. The SMILES string of the molecule is CC1(C)OC2O[C@H]([C@H]3COC(C)(C)O3)[C@H](OCC(=O)O)C2O1. The number of hydrogen-bond donors (Lipinski definition) is 1. The van der Waals surface area contributed by atoms with Crippen LogP contribution in [-0.2, 0) is 33.2 Å². The van der Waals surface area contributed by atoms with Crippen LogP contribution in [0.1, 0.15) is 27.7 Å². The number of carboxylic acid groups (broad SMARTS) is 1. The maximum Gasteiger partial charge on any atom is 0.329 e. The second kappa shape index (κ2) is 5.40. The molecule has 0 aromatic rings. The highest BCUT2D eigenvalue weighted by Crippen LogP contribution is 2.41. The van der Waals surface area contributed by atoms with E-state index < -0.39 is 48.8 Å². The fraction of sp³-hybridized carbons (Fsp3) is 0.929. The van der Waals surface area contributed by atoms with Gasteiger partial charge >= 0.3 is 5.97 Å². The van der Waals surface area contributed by atoms with Gasteiger partial charge in [0, 0.05) is 0 Å². The lowest BCUT2D eigenvalue weighted by molar-refractivity contribution is -0.236. The third kappa shape index (κ3) is 3.12. The molecular formula is C14H22O8. The quantitative estimate of drug-likeness (QED) is 0.800. The fourth-order valence-corrected chi connectivity index (χ4v) is 3.04. The van der Waals surface area contributed by atoms with Gasteiger partial charge in [-0.15, -0.1) is 0 Å². The number of carboxylic acids is 1. The first-order chi connectivity index (χ1) is 10.2. The zero-order valence-corrected chi connectivity index (χ0v) is 13.1. The highest BCUT2D eigenvalue weighted by molar-refractivity contribution is 5.68. The van der Waals surface area contributed by atoms with Gasteiger partial charge in [-0.1, -0.05) is 0 Å². The number of rotatable bonds is 4. The Hall–Kier alpha value is -0.770. The number of aliphatic carboxylic acids is 1. The van der Waals surface area contributed by atoms with Gasteiger partial charge in [0.2, 0.25) is 0 Å². The van der Waals surface area contributed by atoms with Gasteiger partial charge in [0.25, 0.3) is 0 Å². The van der Waals surface area contributed by atoms with Gasteiger partial charge in [-0.3, -0.25) is 0 Å². The summed E-state index contributed by atoms with van der Waals surface area (Å²) in [6.07, 6.45) is -2.56. The second-order valence-electron chi connectivity index (χ2n) is 6.61. The van der Waals surface area contributed by atoms with E-state index in [4.69, 9.17) is 33.5 Å². The van der Waals surface area contributed by atoms with Gasteiger partial charge < -0.3 is 33.5 Å². The van der Waals surface area contributed by atoms with Gasteiger partial charge in [-0.25, -0.2) is 4.79 Å². The van der Waals surface area contributed by atoms with Crippen molar-refractivity contribution >= 4 is 5.97 Å².